The van der Waals surface area contributed by atoms with E-state index in [4.69, 9.17) is 11.3 Å². The average Bonchev–Trinajstić information content (AvgIpc) is 3.07. The van der Waals surface area contributed by atoms with Crippen LogP contribution in [0, 0.1) is 6.57 Å². The summed E-state index contributed by atoms with van der Waals surface area (Å²) in [5.41, 5.74) is 3.61. The standard InChI is InChI=1S/C22H23N5O3/c1-4-30-21(28)11-12-24-22(29)15-5-10-19-18(13-15)26-20(27(19)3)14-25-17-8-6-16(23-2)7-9-17/h5-10,13,25H,4,11-12,14H2,1,3H3,(H,24,29). The smallest absolute Gasteiger partial charge is 0.307 e. The van der Waals surface area contributed by atoms with Gasteiger partial charge in [-0.05, 0) is 37.3 Å². The first-order valence-corrected chi connectivity index (χ1v) is 9.62. The van der Waals surface area contributed by atoms with Gasteiger partial charge in [0.25, 0.3) is 5.91 Å². The Balaban J connectivity index is 1.65. The maximum absolute atomic E-state index is 12.4. The van der Waals surface area contributed by atoms with E-state index in [9.17, 15) is 9.59 Å². The van der Waals surface area contributed by atoms with Gasteiger partial charge < -0.3 is 19.9 Å². The van der Waals surface area contributed by atoms with Gasteiger partial charge in [-0.25, -0.2) is 9.83 Å². The lowest BCUT2D eigenvalue weighted by atomic mass is 10.2. The summed E-state index contributed by atoms with van der Waals surface area (Å²) in [6.07, 6.45) is 0.137. The van der Waals surface area contributed by atoms with Crippen LogP contribution in [0.2, 0.25) is 0 Å². The summed E-state index contributed by atoms with van der Waals surface area (Å²) in [6.45, 7) is 9.80. The number of nitrogens with zero attached hydrogens (tertiary/aromatic N) is 3. The SMILES string of the molecule is [C-]#[N+]c1ccc(NCc2nc3cc(C(=O)NCCC(=O)OCC)ccc3n2C)cc1. The molecule has 0 aliphatic heterocycles. The van der Waals surface area contributed by atoms with Gasteiger partial charge in [0, 0.05) is 24.8 Å². The molecule has 0 spiro atoms. The molecule has 0 aliphatic rings. The highest BCUT2D eigenvalue weighted by atomic mass is 16.5. The van der Waals surface area contributed by atoms with E-state index in [2.05, 4.69) is 20.5 Å². The van der Waals surface area contributed by atoms with Crippen molar-refractivity contribution in [3.8, 4) is 0 Å². The van der Waals surface area contributed by atoms with Crippen molar-refractivity contribution in [1.29, 1.82) is 0 Å². The zero-order chi connectivity index (χ0) is 21.5. The van der Waals surface area contributed by atoms with Crippen molar-refractivity contribution < 1.29 is 14.3 Å². The first kappa shape index (κ1) is 20.9. The number of aryl methyl sites for hydroxylation is 1. The molecule has 0 fully saturated rings. The Bertz CT molecular complexity index is 1100. The van der Waals surface area contributed by atoms with Crippen LogP contribution in [0.25, 0.3) is 15.9 Å². The van der Waals surface area contributed by atoms with Crippen LogP contribution >= 0.6 is 0 Å². The van der Waals surface area contributed by atoms with Gasteiger partial charge in [0.05, 0.1) is 37.2 Å². The second kappa shape index (κ2) is 9.56. The van der Waals surface area contributed by atoms with Crippen LogP contribution in [0.4, 0.5) is 11.4 Å². The van der Waals surface area contributed by atoms with Gasteiger partial charge in [-0.2, -0.15) is 0 Å². The molecule has 1 aromatic heterocycles. The molecule has 0 saturated carbocycles. The van der Waals surface area contributed by atoms with Crippen LogP contribution in [0.1, 0.15) is 29.5 Å². The number of fused-ring (bicyclic) bond motifs is 1. The first-order chi connectivity index (χ1) is 14.5. The van der Waals surface area contributed by atoms with Gasteiger partial charge in [0.2, 0.25) is 0 Å². The van der Waals surface area contributed by atoms with Crippen LogP contribution in [0.5, 0.6) is 0 Å². The summed E-state index contributed by atoms with van der Waals surface area (Å²) < 4.78 is 6.82. The molecule has 30 heavy (non-hydrogen) atoms. The van der Waals surface area contributed by atoms with E-state index >= 15 is 0 Å². The number of amides is 1. The maximum atomic E-state index is 12.4. The van der Waals surface area contributed by atoms with Crippen molar-refractivity contribution in [3.05, 3.63) is 65.3 Å². The monoisotopic (exact) mass is 405 g/mol. The van der Waals surface area contributed by atoms with E-state index in [0.29, 0.717) is 24.4 Å². The van der Waals surface area contributed by atoms with Crippen LogP contribution in [-0.4, -0.2) is 34.6 Å². The van der Waals surface area contributed by atoms with E-state index in [0.717, 1.165) is 22.5 Å². The van der Waals surface area contributed by atoms with Crippen LogP contribution in [0.3, 0.4) is 0 Å². The van der Waals surface area contributed by atoms with Gasteiger partial charge in [-0.1, -0.05) is 12.1 Å². The minimum absolute atomic E-state index is 0.137. The third-order valence-electron chi connectivity index (χ3n) is 4.60. The number of hydrogen-bond acceptors (Lipinski definition) is 5. The number of rotatable bonds is 8. The molecule has 1 heterocycles. The molecule has 2 N–H and O–H groups in total. The summed E-state index contributed by atoms with van der Waals surface area (Å²) >= 11 is 0. The predicted molar refractivity (Wildman–Crippen MR) is 114 cm³/mol. The molecule has 0 saturated heterocycles. The largest absolute Gasteiger partial charge is 0.466 e. The van der Waals surface area contributed by atoms with Crippen molar-refractivity contribution >= 4 is 34.3 Å². The van der Waals surface area contributed by atoms with E-state index in [1.807, 2.05) is 29.8 Å². The van der Waals surface area contributed by atoms with E-state index in [-0.39, 0.29) is 24.8 Å². The second-order valence-electron chi connectivity index (χ2n) is 6.61. The Kier molecular flexibility index (Phi) is 6.65. The number of imidazole rings is 1. The summed E-state index contributed by atoms with van der Waals surface area (Å²) in [5, 5.41) is 6.01. The molecule has 0 bridgehead atoms. The Morgan fingerprint density at radius 1 is 1.20 bits per heavy atom. The molecule has 8 heteroatoms. The van der Waals surface area contributed by atoms with Crippen LogP contribution in [0.15, 0.2) is 42.5 Å². The van der Waals surface area contributed by atoms with Crippen molar-refractivity contribution in [3.63, 3.8) is 0 Å². The highest BCUT2D eigenvalue weighted by Crippen LogP contribution is 2.19. The normalized spacial score (nSPS) is 10.4. The fourth-order valence-electron chi connectivity index (χ4n) is 3.00. The minimum atomic E-state index is -0.334. The fraction of sp³-hybridized carbons (Fsp3) is 0.273. The summed E-state index contributed by atoms with van der Waals surface area (Å²) in [7, 11) is 1.92. The van der Waals surface area contributed by atoms with Gasteiger partial charge >= 0.3 is 5.97 Å². The molecule has 1 amide bonds. The topological polar surface area (TPSA) is 89.6 Å². The Hall–Kier alpha value is -3.86. The van der Waals surface area contributed by atoms with Crippen molar-refractivity contribution in [2.75, 3.05) is 18.5 Å². The number of esters is 1. The molecule has 0 atom stereocenters. The predicted octanol–water partition coefficient (Wildman–Crippen LogP) is 3.42. The number of carbonyl (C=O) groups excluding carboxylic acids is 2. The highest BCUT2D eigenvalue weighted by Gasteiger charge is 2.12. The quantitative estimate of drug-likeness (QED) is 0.443. The molecule has 0 unspecified atom stereocenters. The molecular formula is C22H23N5O3. The highest BCUT2D eigenvalue weighted by molar-refractivity contribution is 5.97. The zero-order valence-electron chi connectivity index (χ0n) is 16.9. The third-order valence-corrected chi connectivity index (χ3v) is 4.60. The molecule has 0 aliphatic carbocycles. The summed E-state index contributed by atoms with van der Waals surface area (Å²) in [6, 6.07) is 12.6. The van der Waals surface area contributed by atoms with Crippen LogP contribution in [-0.2, 0) is 23.1 Å². The van der Waals surface area contributed by atoms with Crippen molar-refractivity contribution in [2.45, 2.75) is 19.9 Å². The molecule has 3 rings (SSSR count). The molecule has 0 radical (unpaired) electrons. The van der Waals surface area contributed by atoms with Gasteiger partial charge in [-0.3, -0.25) is 9.59 Å². The number of aromatic nitrogens is 2. The van der Waals surface area contributed by atoms with Gasteiger partial charge in [0.15, 0.2) is 5.69 Å². The first-order valence-electron chi connectivity index (χ1n) is 9.62. The molecular weight excluding hydrogens is 382 g/mol. The van der Waals surface area contributed by atoms with E-state index < -0.39 is 0 Å². The Labute approximate surface area is 174 Å². The Morgan fingerprint density at radius 3 is 2.67 bits per heavy atom. The lowest BCUT2D eigenvalue weighted by Crippen LogP contribution is -2.26. The van der Waals surface area contributed by atoms with Gasteiger partial charge in [0.1, 0.15) is 5.82 Å². The molecule has 3 aromatic rings. The number of hydrogen-bond donors (Lipinski definition) is 2. The number of nitrogens with one attached hydrogen (secondary N) is 2. The Morgan fingerprint density at radius 2 is 1.97 bits per heavy atom. The number of benzene rings is 2. The van der Waals surface area contributed by atoms with Crippen LogP contribution < -0.4 is 10.6 Å². The van der Waals surface area contributed by atoms with Gasteiger partial charge in [-0.15, -0.1) is 0 Å². The fourth-order valence-corrected chi connectivity index (χ4v) is 3.00. The molecule has 2 aromatic carbocycles. The van der Waals surface area contributed by atoms with E-state index in [1.54, 1.807) is 31.2 Å². The molecule has 154 valence electrons. The lowest BCUT2D eigenvalue weighted by Gasteiger charge is -2.07. The maximum Gasteiger partial charge on any atom is 0.307 e. The number of carbonyl (C=O) groups is 2. The van der Waals surface area contributed by atoms with Crippen molar-refractivity contribution in [2.24, 2.45) is 7.05 Å². The second-order valence-corrected chi connectivity index (χ2v) is 6.61. The van der Waals surface area contributed by atoms with Crippen molar-refractivity contribution in [1.82, 2.24) is 14.9 Å². The summed E-state index contributed by atoms with van der Waals surface area (Å²) in [4.78, 5) is 31.7. The minimum Gasteiger partial charge on any atom is -0.466 e. The average molecular weight is 405 g/mol. The van der Waals surface area contributed by atoms with E-state index in [1.165, 1.54) is 0 Å². The lowest BCUT2D eigenvalue weighted by molar-refractivity contribution is -0.142. The third kappa shape index (κ3) is 4.94. The molecule has 8 nitrogen and oxygen atoms in total. The zero-order valence-corrected chi connectivity index (χ0v) is 16.9. The summed E-state index contributed by atoms with van der Waals surface area (Å²) in [5.74, 6) is 0.226. The number of anilines is 1. The number of ether oxygens (including phenoxy) is 1.